The minimum absolute atomic E-state index is 0.186. The van der Waals surface area contributed by atoms with Crippen LogP contribution in [-0.2, 0) is 0 Å². The van der Waals surface area contributed by atoms with Gasteiger partial charge in [-0.25, -0.2) is 5.43 Å². The van der Waals surface area contributed by atoms with E-state index in [2.05, 4.69) is 10.5 Å². The maximum Gasteiger partial charge on any atom is 0.433 e. The molecule has 0 aliphatic heterocycles. The van der Waals surface area contributed by atoms with Crippen LogP contribution in [0.15, 0.2) is 45.9 Å². The largest absolute Gasteiger partial charge is 0.497 e. The molecule has 0 fully saturated rings. The Balaban J connectivity index is 1.95. The Morgan fingerprint density at radius 3 is 2.62 bits per heavy atom. The molecule has 0 saturated heterocycles. The highest BCUT2D eigenvalue weighted by molar-refractivity contribution is 5.92. The van der Waals surface area contributed by atoms with E-state index in [4.69, 9.17) is 9.15 Å². The van der Waals surface area contributed by atoms with Crippen LogP contribution in [0.1, 0.15) is 16.1 Å². The van der Waals surface area contributed by atoms with E-state index in [9.17, 15) is 14.9 Å². The molecule has 1 amide bonds. The predicted molar refractivity (Wildman–Crippen MR) is 73.4 cm³/mol. The Labute approximate surface area is 119 Å². The van der Waals surface area contributed by atoms with E-state index < -0.39 is 16.7 Å². The molecule has 1 N–H and O–H groups in total. The first-order chi connectivity index (χ1) is 10.1. The smallest absolute Gasteiger partial charge is 0.433 e. The van der Waals surface area contributed by atoms with Gasteiger partial charge in [0.25, 0.3) is 0 Å². The molecule has 1 aromatic heterocycles. The van der Waals surface area contributed by atoms with Gasteiger partial charge < -0.3 is 9.15 Å². The Morgan fingerprint density at radius 1 is 1.33 bits per heavy atom. The molecule has 0 unspecified atom stereocenters. The second-order valence-corrected chi connectivity index (χ2v) is 3.87. The van der Waals surface area contributed by atoms with Gasteiger partial charge in [-0.1, -0.05) is 0 Å². The summed E-state index contributed by atoms with van der Waals surface area (Å²) in [5, 5.41) is 14.2. The summed E-state index contributed by atoms with van der Waals surface area (Å²) in [5.41, 5.74) is 2.96. The van der Waals surface area contributed by atoms with Crippen molar-refractivity contribution >= 4 is 18.0 Å². The summed E-state index contributed by atoms with van der Waals surface area (Å²) >= 11 is 0. The number of carbonyl (C=O) groups excluding carboxylic acids is 1. The topological polar surface area (TPSA) is 107 Å². The number of nitrogens with one attached hydrogen (secondary N) is 1. The summed E-state index contributed by atoms with van der Waals surface area (Å²) in [7, 11) is 1.56. The van der Waals surface area contributed by atoms with Crippen LogP contribution >= 0.6 is 0 Å². The molecular formula is C13H11N3O5. The Morgan fingerprint density at radius 2 is 2.05 bits per heavy atom. The molecule has 0 aliphatic rings. The lowest BCUT2D eigenvalue weighted by molar-refractivity contribution is -0.402. The first-order valence-corrected chi connectivity index (χ1v) is 5.82. The molecule has 8 heteroatoms. The third kappa shape index (κ3) is 3.66. The summed E-state index contributed by atoms with van der Waals surface area (Å²) < 4.78 is 9.75. The highest BCUT2D eigenvalue weighted by Gasteiger charge is 2.16. The number of methoxy groups -OCH3 is 1. The molecule has 1 aromatic carbocycles. The van der Waals surface area contributed by atoms with Crippen molar-refractivity contribution in [2.45, 2.75) is 0 Å². The summed E-state index contributed by atoms with van der Waals surface area (Å²) in [6.07, 6.45) is 1.43. The number of carbonyl (C=O) groups is 1. The zero-order chi connectivity index (χ0) is 15.2. The van der Waals surface area contributed by atoms with Crippen molar-refractivity contribution in [1.82, 2.24) is 5.43 Å². The fourth-order valence-electron chi connectivity index (χ4n) is 1.46. The van der Waals surface area contributed by atoms with Gasteiger partial charge in [-0.2, -0.15) is 5.10 Å². The Bertz CT molecular complexity index is 675. The summed E-state index contributed by atoms with van der Waals surface area (Å²) in [6.45, 7) is 0. The normalized spacial score (nSPS) is 10.5. The molecule has 2 aromatic rings. The van der Waals surface area contributed by atoms with Crippen molar-refractivity contribution in [1.29, 1.82) is 0 Å². The van der Waals surface area contributed by atoms with E-state index in [1.54, 1.807) is 31.4 Å². The number of benzene rings is 1. The minimum Gasteiger partial charge on any atom is -0.497 e. The van der Waals surface area contributed by atoms with Gasteiger partial charge in [-0.3, -0.25) is 14.9 Å². The van der Waals surface area contributed by atoms with Crippen LogP contribution in [0.5, 0.6) is 5.75 Å². The average molecular weight is 289 g/mol. The monoisotopic (exact) mass is 289 g/mol. The van der Waals surface area contributed by atoms with Crippen molar-refractivity contribution in [2.75, 3.05) is 7.11 Å². The van der Waals surface area contributed by atoms with Gasteiger partial charge in [-0.15, -0.1) is 0 Å². The SMILES string of the molecule is COc1ccc(/C=N/NC(=O)c2ccc([N+](=O)[O-])o2)cc1. The molecule has 1 heterocycles. The van der Waals surface area contributed by atoms with Gasteiger partial charge in [0.2, 0.25) is 5.76 Å². The van der Waals surface area contributed by atoms with E-state index in [1.165, 1.54) is 12.3 Å². The number of amides is 1. The molecular weight excluding hydrogens is 278 g/mol. The Hall–Kier alpha value is -3.16. The number of hydrogen-bond acceptors (Lipinski definition) is 6. The quantitative estimate of drug-likeness (QED) is 0.514. The molecule has 8 nitrogen and oxygen atoms in total. The lowest BCUT2D eigenvalue weighted by Crippen LogP contribution is -2.16. The summed E-state index contributed by atoms with van der Waals surface area (Å²) in [5.74, 6) is -0.653. The molecule has 0 radical (unpaired) electrons. The second kappa shape index (κ2) is 6.33. The van der Waals surface area contributed by atoms with Gasteiger partial charge in [-0.05, 0) is 35.9 Å². The summed E-state index contributed by atoms with van der Waals surface area (Å²) in [6, 6.07) is 9.31. The van der Waals surface area contributed by atoms with E-state index >= 15 is 0 Å². The highest BCUT2D eigenvalue weighted by Crippen LogP contribution is 2.15. The van der Waals surface area contributed by atoms with Crippen molar-refractivity contribution < 1.29 is 18.9 Å². The van der Waals surface area contributed by atoms with Gasteiger partial charge in [0, 0.05) is 0 Å². The number of rotatable bonds is 5. The molecule has 0 saturated carbocycles. The number of furan rings is 1. The maximum absolute atomic E-state index is 11.6. The first kappa shape index (κ1) is 14.3. The lowest BCUT2D eigenvalue weighted by Gasteiger charge is -1.99. The summed E-state index contributed by atoms with van der Waals surface area (Å²) in [4.78, 5) is 21.3. The minimum atomic E-state index is -0.725. The van der Waals surface area contributed by atoms with Crippen LogP contribution in [0.25, 0.3) is 0 Å². The molecule has 108 valence electrons. The van der Waals surface area contributed by atoms with Crippen LogP contribution < -0.4 is 10.2 Å². The van der Waals surface area contributed by atoms with Crippen molar-refractivity contribution in [3.63, 3.8) is 0 Å². The molecule has 2 rings (SSSR count). The van der Waals surface area contributed by atoms with Crippen LogP contribution in [0.3, 0.4) is 0 Å². The Kier molecular flexibility index (Phi) is 4.30. The fraction of sp³-hybridized carbons (Fsp3) is 0.0769. The molecule has 21 heavy (non-hydrogen) atoms. The highest BCUT2D eigenvalue weighted by atomic mass is 16.6. The van der Waals surface area contributed by atoms with Gasteiger partial charge in [0.15, 0.2) is 0 Å². The molecule has 0 atom stereocenters. The fourth-order valence-corrected chi connectivity index (χ4v) is 1.46. The van der Waals surface area contributed by atoms with Gasteiger partial charge >= 0.3 is 11.8 Å². The standard InChI is InChI=1S/C13H11N3O5/c1-20-10-4-2-9(3-5-10)8-14-15-13(17)11-6-7-12(21-11)16(18)19/h2-8H,1H3,(H,15,17)/b14-8+. The average Bonchev–Trinajstić information content (AvgIpc) is 2.98. The number of hydrazone groups is 1. The van der Waals surface area contributed by atoms with Crippen molar-refractivity contribution in [3.05, 3.63) is 57.8 Å². The maximum atomic E-state index is 11.6. The number of hydrogen-bond donors (Lipinski definition) is 1. The zero-order valence-electron chi connectivity index (χ0n) is 11.0. The third-order valence-corrected chi connectivity index (χ3v) is 2.49. The van der Waals surface area contributed by atoms with Crippen LogP contribution in [0.4, 0.5) is 5.88 Å². The van der Waals surface area contributed by atoms with E-state index in [0.717, 1.165) is 11.6 Å². The van der Waals surface area contributed by atoms with E-state index in [0.29, 0.717) is 5.75 Å². The second-order valence-electron chi connectivity index (χ2n) is 3.87. The number of nitro groups is 1. The molecule has 0 bridgehead atoms. The van der Waals surface area contributed by atoms with Crippen LogP contribution in [0, 0.1) is 10.1 Å². The lowest BCUT2D eigenvalue weighted by atomic mass is 10.2. The van der Waals surface area contributed by atoms with Crippen molar-refractivity contribution in [2.24, 2.45) is 5.10 Å². The first-order valence-electron chi connectivity index (χ1n) is 5.82. The molecule has 0 aliphatic carbocycles. The van der Waals surface area contributed by atoms with Gasteiger partial charge in [0.05, 0.1) is 19.4 Å². The zero-order valence-corrected chi connectivity index (χ0v) is 11.0. The van der Waals surface area contributed by atoms with Gasteiger partial charge in [0.1, 0.15) is 10.7 Å². The predicted octanol–water partition coefficient (Wildman–Crippen LogP) is 1.96. The number of nitrogens with zero attached hydrogens (tertiary/aromatic N) is 2. The van der Waals surface area contributed by atoms with Crippen LogP contribution in [-0.4, -0.2) is 24.2 Å². The molecule has 0 spiro atoms. The van der Waals surface area contributed by atoms with E-state index in [1.807, 2.05) is 0 Å². The van der Waals surface area contributed by atoms with Crippen LogP contribution in [0.2, 0.25) is 0 Å². The van der Waals surface area contributed by atoms with Crippen molar-refractivity contribution in [3.8, 4) is 5.75 Å². The number of ether oxygens (including phenoxy) is 1. The van der Waals surface area contributed by atoms with E-state index in [-0.39, 0.29) is 5.76 Å². The third-order valence-electron chi connectivity index (χ3n) is 2.49.